The molecule has 1 aromatic heterocycles. The molecule has 6 heteroatoms. The zero-order valence-electron chi connectivity index (χ0n) is 13.8. The van der Waals surface area contributed by atoms with E-state index in [0.717, 1.165) is 50.1 Å². The lowest BCUT2D eigenvalue weighted by Crippen LogP contribution is -2.38. The fourth-order valence-corrected chi connectivity index (χ4v) is 3.48. The van der Waals surface area contributed by atoms with Gasteiger partial charge in [0, 0.05) is 45.2 Å². The first kappa shape index (κ1) is 15.6. The summed E-state index contributed by atoms with van der Waals surface area (Å²) in [4.78, 5) is 20.8. The van der Waals surface area contributed by atoms with Crippen molar-refractivity contribution in [3.63, 3.8) is 0 Å². The summed E-state index contributed by atoms with van der Waals surface area (Å²) in [5, 5.41) is 10.3. The second-order valence-electron chi connectivity index (χ2n) is 6.94. The molecule has 0 radical (unpaired) electrons. The van der Waals surface area contributed by atoms with E-state index in [1.807, 2.05) is 29.4 Å². The van der Waals surface area contributed by atoms with Crippen molar-refractivity contribution in [3.05, 3.63) is 30.6 Å². The maximum absolute atomic E-state index is 12.2. The molecule has 2 fully saturated rings. The standard InChI is InChI=1S/C18H24N4O2/c23-15-11-20(7-9-21(12-15)18(24)14-5-6-14)8-10-22-13-19-16-3-1-2-4-17(16)22/h1-4,13-15,23H,5-12H2. The summed E-state index contributed by atoms with van der Waals surface area (Å²) in [7, 11) is 0. The molecule has 1 saturated heterocycles. The fraction of sp³-hybridized carbons (Fsp3) is 0.556. The van der Waals surface area contributed by atoms with Gasteiger partial charge < -0.3 is 14.6 Å². The highest BCUT2D eigenvalue weighted by Crippen LogP contribution is 2.31. The number of imidazole rings is 1. The number of carbonyl (C=O) groups is 1. The number of β-amino-alcohol motifs (C(OH)–C–C–N with tert-alkyl or cyclic N) is 1. The van der Waals surface area contributed by atoms with Gasteiger partial charge in [0.15, 0.2) is 0 Å². The fourth-order valence-electron chi connectivity index (χ4n) is 3.48. The minimum Gasteiger partial charge on any atom is -0.390 e. The maximum atomic E-state index is 12.2. The molecule has 1 aromatic carbocycles. The molecule has 1 aliphatic carbocycles. The minimum absolute atomic E-state index is 0.223. The summed E-state index contributed by atoms with van der Waals surface area (Å²) >= 11 is 0. The number of aromatic nitrogens is 2. The van der Waals surface area contributed by atoms with Gasteiger partial charge in [-0.25, -0.2) is 4.98 Å². The number of amides is 1. The van der Waals surface area contributed by atoms with Crippen LogP contribution in [0, 0.1) is 5.92 Å². The number of rotatable bonds is 4. The summed E-state index contributed by atoms with van der Waals surface area (Å²) in [6.45, 7) is 4.33. The van der Waals surface area contributed by atoms with E-state index in [4.69, 9.17) is 0 Å². The lowest BCUT2D eigenvalue weighted by Gasteiger charge is -2.22. The Balaban J connectivity index is 1.37. The van der Waals surface area contributed by atoms with Gasteiger partial charge in [-0.15, -0.1) is 0 Å². The first-order chi connectivity index (χ1) is 11.7. The van der Waals surface area contributed by atoms with Crippen molar-refractivity contribution in [1.29, 1.82) is 0 Å². The molecule has 1 N–H and O–H groups in total. The summed E-state index contributed by atoms with van der Waals surface area (Å²) < 4.78 is 2.15. The number of benzene rings is 1. The number of fused-ring (bicyclic) bond motifs is 1. The molecule has 24 heavy (non-hydrogen) atoms. The van der Waals surface area contributed by atoms with Crippen LogP contribution in [0.15, 0.2) is 30.6 Å². The van der Waals surface area contributed by atoms with Crippen molar-refractivity contribution in [1.82, 2.24) is 19.4 Å². The van der Waals surface area contributed by atoms with Crippen LogP contribution in [0.1, 0.15) is 12.8 Å². The molecule has 4 rings (SSSR count). The largest absolute Gasteiger partial charge is 0.390 e. The quantitative estimate of drug-likeness (QED) is 0.908. The third-order valence-corrected chi connectivity index (χ3v) is 5.01. The molecule has 1 unspecified atom stereocenters. The minimum atomic E-state index is -0.463. The summed E-state index contributed by atoms with van der Waals surface area (Å²) in [5.41, 5.74) is 2.15. The number of hydrogen-bond acceptors (Lipinski definition) is 4. The molecule has 1 saturated carbocycles. The SMILES string of the molecule is O=C(C1CC1)N1CCN(CCn2cnc3ccccc32)CC(O)C1. The number of aliphatic hydroxyl groups excluding tert-OH is 1. The van der Waals surface area contributed by atoms with Gasteiger partial charge in [-0.3, -0.25) is 9.69 Å². The van der Waals surface area contributed by atoms with Gasteiger partial charge in [-0.05, 0) is 25.0 Å². The number of para-hydroxylation sites is 2. The molecule has 1 amide bonds. The second kappa shape index (κ2) is 6.53. The van der Waals surface area contributed by atoms with Crippen LogP contribution in [0.2, 0.25) is 0 Å². The average molecular weight is 328 g/mol. The zero-order valence-corrected chi connectivity index (χ0v) is 13.8. The Hall–Kier alpha value is -1.92. The molecule has 6 nitrogen and oxygen atoms in total. The molecule has 2 aromatic rings. The Morgan fingerprint density at radius 1 is 1.17 bits per heavy atom. The number of hydrogen-bond donors (Lipinski definition) is 1. The van der Waals surface area contributed by atoms with Gasteiger partial charge in [-0.1, -0.05) is 12.1 Å². The first-order valence-electron chi connectivity index (χ1n) is 8.80. The van der Waals surface area contributed by atoms with Crippen LogP contribution in [0.4, 0.5) is 0 Å². The van der Waals surface area contributed by atoms with Crippen LogP contribution in [0.25, 0.3) is 11.0 Å². The van der Waals surface area contributed by atoms with Crippen LogP contribution in [-0.4, -0.2) is 69.2 Å². The molecule has 0 spiro atoms. The van der Waals surface area contributed by atoms with Crippen molar-refractivity contribution >= 4 is 16.9 Å². The average Bonchev–Trinajstić information content (AvgIpc) is 3.38. The van der Waals surface area contributed by atoms with Gasteiger partial charge in [0.05, 0.1) is 23.5 Å². The second-order valence-corrected chi connectivity index (χ2v) is 6.94. The molecule has 1 aliphatic heterocycles. The summed E-state index contributed by atoms with van der Waals surface area (Å²) in [6.07, 6.45) is 3.45. The van der Waals surface area contributed by atoms with Crippen LogP contribution in [-0.2, 0) is 11.3 Å². The normalized spacial score (nSPS) is 22.7. The molecular formula is C18H24N4O2. The Morgan fingerprint density at radius 2 is 2.00 bits per heavy atom. The Kier molecular flexibility index (Phi) is 4.24. The van der Waals surface area contributed by atoms with E-state index in [1.54, 1.807) is 0 Å². The van der Waals surface area contributed by atoms with Crippen molar-refractivity contribution in [2.75, 3.05) is 32.7 Å². The Labute approximate surface area is 141 Å². The zero-order chi connectivity index (χ0) is 16.5. The number of carbonyl (C=O) groups excluding carboxylic acids is 1. The lowest BCUT2D eigenvalue weighted by atomic mass is 10.3. The van der Waals surface area contributed by atoms with Gasteiger partial charge in [-0.2, -0.15) is 0 Å². The third kappa shape index (κ3) is 3.30. The first-order valence-corrected chi connectivity index (χ1v) is 8.80. The highest BCUT2D eigenvalue weighted by Gasteiger charge is 2.35. The van der Waals surface area contributed by atoms with Gasteiger partial charge in [0.1, 0.15) is 0 Å². The highest BCUT2D eigenvalue weighted by molar-refractivity contribution is 5.81. The maximum Gasteiger partial charge on any atom is 0.225 e. The van der Waals surface area contributed by atoms with E-state index < -0.39 is 6.10 Å². The van der Waals surface area contributed by atoms with E-state index in [9.17, 15) is 9.90 Å². The lowest BCUT2D eigenvalue weighted by molar-refractivity contribution is -0.133. The van der Waals surface area contributed by atoms with Crippen molar-refractivity contribution in [2.24, 2.45) is 5.92 Å². The van der Waals surface area contributed by atoms with Gasteiger partial charge in [0.25, 0.3) is 0 Å². The molecule has 0 bridgehead atoms. The van der Waals surface area contributed by atoms with Gasteiger partial charge in [0.2, 0.25) is 5.91 Å². The van der Waals surface area contributed by atoms with Crippen LogP contribution < -0.4 is 0 Å². The van der Waals surface area contributed by atoms with Crippen molar-refractivity contribution in [3.8, 4) is 0 Å². The van der Waals surface area contributed by atoms with Gasteiger partial charge >= 0.3 is 0 Å². The summed E-state index contributed by atoms with van der Waals surface area (Å²) in [5.74, 6) is 0.456. The van der Waals surface area contributed by atoms with E-state index in [2.05, 4.69) is 20.5 Å². The van der Waals surface area contributed by atoms with E-state index in [-0.39, 0.29) is 11.8 Å². The molecule has 128 valence electrons. The molecular weight excluding hydrogens is 304 g/mol. The van der Waals surface area contributed by atoms with E-state index in [0.29, 0.717) is 13.1 Å². The van der Waals surface area contributed by atoms with Crippen molar-refractivity contribution < 1.29 is 9.90 Å². The monoisotopic (exact) mass is 328 g/mol. The smallest absolute Gasteiger partial charge is 0.225 e. The predicted octanol–water partition coefficient (Wildman–Crippen LogP) is 0.951. The van der Waals surface area contributed by atoms with Crippen molar-refractivity contribution in [2.45, 2.75) is 25.5 Å². The highest BCUT2D eigenvalue weighted by atomic mass is 16.3. The molecule has 2 heterocycles. The predicted molar refractivity (Wildman–Crippen MR) is 91.5 cm³/mol. The molecule has 1 atom stereocenters. The topological polar surface area (TPSA) is 61.6 Å². The third-order valence-electron chi connectivity index (χ3n) is 5.01. The van der Waals surface area contributed by atoms with Crippen LogP contribution >= 0.6 is 0 Å². The van der Waals surface area contributed by atoms with E-state index in [1.165, 1.54) is 0 Å². The number of aliphatic hydroxyl groups is 1. The Bertz CT molecular complexity index is 725. The molecule has 2 aliphatic rings. The summed E-state index contributed by atoms with van der Waals surface area (Å²) in [6, 6.07) is 8.12. The Morgan fingerprint density at radius 3 is 2.83 bits per heavy atom. The van der Waals surface area contributed by atoms with Crippen LogP contribution in [0.5, 0.6) is 0 Å². The number of nitrogens with zero attached hydrogens (tertiary/aromatic N) is 4. The van der Waals surface area contributed by atoms with Crippen LogP contribution in [0.3, 0.4) is 0 Å². The van der Waals surface area contributed by atoms with E-state index >= 15 is 0 Å².